The minimum atomic E-state index is -0.182. The van der Waals surface area contributed by atoms with E-state index in [0.717, 1.165) is 11.3 Å². The van der Waals surface area contributed by atoms with E-state index in [2.05, 4.69) is 20.5 Å². The molecule has 0 atom stereocenters. The zero-order valence-electron chi connectivity index (χ0n) is 12.0. The predicted molar refractivity (Wildman–Crippen MR) is 77.5 cm³/mol. The molecular formula is C14H18N4O3. The number of rotatable bonds is 7. The number of carbonyl (C=O) groups excluding carboxylic acids is 1. The molecule has 0 fully saturated rings. The molecule has 2 N–H and O–H groups in total. The number of aromatic nitrogens is 3. The van der Waals surface area contributed by atoms with Gasteiger partial charge in [0.25, 0.3) is 0 Å². The highest BCUT2D eigenvalue weighted by molar-refractivity contribution is 5.90. The fraction of sp³-hybridized carbons (Fsp3) is 0.357. The van der Waals surface area contributed by atoms with Gasteiger partial charge in [-0.1, -0.05) is 12.1 Å². The molecule has 0 saturated carbocycles. The van der Waals surface area contributed by atoms with E-state index in [1.165, 1.54) is 0 Å². The first-order chi connectivity index (χ1) is 10.2. The van der Waals surface area contributed by atoms with E-state index in [0.29, 0.717) is 13.2 Å². The van der Waals surface area contributed by atoms with Crippen molar-refractivity contribution >= 4 is 11.9 Å². The van der Waals surface area contributed by atoms with Crippen LogP contribution in [0.3, 0.4) is 0 Å². The lowest BCUT2D eigenvalue weighted by Crippen LogP contribution is -2.15. The Morgan fingerprint density at radius 2 is 1.90 bits per heavy atom. The van der Waals surface area contributed by atoms with Crippen LogP contribution in [0.25, 0.3) is 0 Å². The normalized spacial score (nSPS) is 10.2. The van der Waals surface area contributed by atoms with Gasteiger partial charge in [-0.2, -0.15) is 4.98 Å². The van der Waals surface area contributed by atoms with E-state index in [9.17, 15) is 4.79 Å². The van der Waals surface area contributed by atoms with E-state index in [1.54, 1.807) is 0 Å². The second kappa shape index (κ2) is 7.28. The minimum Gasteiger partial charge on any atom is -0.494 e. The van der Waals surface area contributed by atoms with Gasteiger partial charge in [-0.25, -0.2) is 5.10 Å². The van der Waals surface area contributed by atoms with E-state index in [4.69, 9.17) is 9.47 Å². The van der Waals surface area contributed by atoms with Gasteiger partial charge in [0.05, 0.1) is 19.6 Å². The summed E-state index contributed by atoms with van der Waals surface area (Å²) >= 11 is 0. The molecule has 2 aromatic rings. The summed E-state index contributed by atoms with van der Waals surface area (Å²) in [5.74, 6) is 0.881. The van der Waals surface area contributed by atoms with E-state index in [-0.39, 0.29) is 24.3 Å². The van der Waals surface area contributed by atoms with Crippen molar-refractivity contribution in [3.63, 3.8) is 0 Å². The van der Waals surface area contributed by atoms with E-state index < -0.39 is 0 Å². The second-order valence-electron chi connectivity index (χ2n) is 4.20. The molecule has 0 radical (unpaired) electrons. The van der Waals surface area contributed by atoms with Crippen LogP contribution in [0.5, 0.6) is 11.8 Å². The maximum Gasteiger partial charge on any atom is 0.337 e. The molecule has 7 heteroatoms. The number of nitrogens with one attached hydrogen (secondary N) is 2. The van der Waals surface area contributed by atoms with Crippen LogP contribution in [0.15, 0.2) is 24.3 Å². The van der Waals surface area contributed by atoms with Crippen LogP contribution >= 0.6 is 0 Å². The number of carbonyl (C=O) groups is 1. The molecule has 112 valence electrons. The first-order valence-electron chi connectivity index (χ1n) is 6.78. The molecule has 0 aliphatic heterocycles. The summed E-state index contributed by atoms with van der Waals surface area (Å²) in [6.07, 6.45) is 0.247. The van der Waals surface area contributed by atoms with Crippen LogP contribution in [0.1, 0.15) is 19.4 Å². The summed E-state index contributed by atoms with van der Waals surface area (Å²) in [6, 6.07) is 7.61. The van der Waals surface area contributed by atoms with Gasteiger partial charge in [-0.15, -0.1) is 5.10 Å². The highest BCUT2D eigenvalue weighted by atomic mass is 16.5. The third-order valence-corrected chi connectivity index (χ3v) is 2.60. The number of anilines is 1. The molecule has 1 amide bonds. The fourth-order valence-corrected chi connectivity index (χ4v) is 1.73. The fourth-order valence-electron chi connectivity index (χ4n) is 1.73. The Hall–Kier alpha value is -2.57. The second-order valence-corrected chi connectivity index (χ2v) is 4.20. The molecule has 1 aromatic heterocycles. The van der Waals surface area contributed by atoms with Gasteiger partial charge in [0.15, 0.2) is 0 Å². The van der Waals surface area contributed by atoms with Crippen molar-refractivity contribution in [1.29, 1.82) is 0 Å². The molecule has 7 nitrogen and oxygen atoms in total. The van der Waals surface area contributed by atoms with Gasteiger partial charge in [0.1, 0.15) is 5.75 Å². The Labute approximate surface area is 122 Å². The van der Waals surface area contributed by atoms with Crippen LogP contribution in [0, 0.1) is 0 Å². The Morgan fingerprint density at radius 1 is 1.19 bits per heavy atom. The summed E-state index contributed by atoms with van der Waals surface area (Å²) in [5, 5.41) is 9.03. The highest BCUT2D eigenvalue weighted by Crippen LogP contribution is 2.13. The number of benzene rings is 1. The van der Waals surface area contributed by atoms with E-state index in [1.807, 2.05) is 38.1 Å². The predicted octanol–water partition coefficient (Wildman–Crippen LogP) is 1.78. The summed E-state index contributed by atoms with van der Waals surface area (Å²) in [7, 11) is 0. The molecular weight excluding hydrogens is 272 g/mol. The van der Waals surface area contributed by atoms with Crippen molar-refractivity contribution in [1.82, 2.24) is 15.2 Å². The molecule has 2 rings (SSSR count). The Balaban J connectivity index is 1.88. The third-order valence-electron chi connectivity index (χ3n) is 2.60. The third kappa shape index (κ3) is 4.48. The highest BCUT2D eigenvalue weighted by Gasteiger charge is 2.08. The van der Waals surface area contributed by atoms with Crippen LogP contribution in [0.2, 0.25) is 0 Å². The topological polar surface area (TPSA) is 89.1 Å². The monoisotopic (exact) mass is 290 g/mol. The molecule has 0 spiro atoms. The lowest BCUT2D eigenvalue weighted by atomic mass is 10.1. The number of hydrogen-bond donors (Lipinski definition) is 2. The molecule has 0 saturated heterocycles. The summed E-state index contributed by atoms with van der Waals surface area (Å²) in [4.78, 5) is 15.9. The van der Waals surface area contributed by atoms with Crippen molar-refractivity contribution < 1.29 is 14.3 Å². The van der Waals surface area contributed by atoms with Gasteiger partial charge >= 0.3 is 6.01 Å². The number of aromatic amines is 1. The Bertz CT molecular complexity index is 580. The standard InChI is InChI=1S/C14H18N4O3/c1-3-20-11-7-5-10(6-8-11)9-12(19)15-13-16-14(18-17-13)21-4-2/h5-8H,3-4,9H2,1-2H3,(H2,15,16,17,18,19). The lowest BCUT2D eigenvalue weighted by Gasteiger charge is -2.05. The van der Waals surface area contributed by atoms with Gasteiger partial charge < -0.3 is 9.47 Å². The number of nitrogens with zero attached hydrogens (tertiary/aromatic N) is 2. The number of ether oxygens (including phenoxy) is 2. The van der Waals surface area contributed by atoms with Crippen molar-refractivity contribution in [3.8, 4) is 11.8 Å². The summed E-state index contributed by atoms with van der Waals surface area (Å²) < 4.78 is 10.5. The Morgan fingerprint density at radius 3 is 2.57 bits per heavy atom. The van der Waals surface area contributed by atoms with Gasteiger partial charge in [0, 0.05) is 0 Å². The first kappa shape index (κ1) is 14.8. The molecule has 21 heavy (non-hydrogen) atoms. The van der Waals surface area contributed by atoms with Gasteiger partial charge in [0.2, 0.25) is 11.9 Å². The summed E-state index contributed by atoms with van der Waals surface area (Å²) in [5.41, 5.74) is 0.889. The van der Waals surface area contributed by atoms with Crippen molar-refractivity contribution in [2.24, 2.45) is 0 Å². The maximum absolute atomic E-state index is 11.9. The first-order valence-corrected chi connectivity index (χ1v) is 6.78. The van der Waals surface area contributed by atoms with Crippen LogP contribution in [-0.2, 0) is 11.2 Å². The van der Waals surface area contributed by atoms with Crippen molar-refractivity contribution in [2.45, 2.75) is 20.3 Å². The SMILES string of the molecule is CCOc1ccc(CC(=O)Nc2nc(OCC)n[nH]2)cc1. The van der Waals surface area contributed by atoms with Crippen molar-refractivity contribution in [3.05, 3.63) is 29.8 Å². The lowest BCUT2D eigenvalue weighted by molar-refractivity contribution is -0.115. The van der Waals surface area contributed by atoms with Crippen LogP contribution < -0.4 is 14.8 Å². The zero-order valence-corrected chi connectivity index (χ0v) is 12.0. The molecule has 1 aromatic carbocycles. The minimum absolute atomic E-state index is 0.182. The quantitative estimate of drug-likeness (QED) is 0.811. The zero-order chi connectivity index (χ0) is 15.1. The molecule has 0 bridgehead atoms. The smallest absolute Gasteiger partial charge is 0.337 e. The van der Waals surface area contributed by atoms with Crippen LogP contribution in [-0.4, -0.2) is 34.3 Å². The molecule has 0 aliphatic rings. The largest absolute Gasteiger partial charge is 0.494 e. The molecule has 0 unspecified atom stereocenters. The summed E-state index contributed by atoms with van der Waals surface area (Å²) in [6.45, 7) is 4.85. The average Bonchev–Trinajstić information content (AvgIpc) is 2.89. The van der Waals surface area contributed by atoms with Gasteiger partial charge in [-0.3, -0.25) is 10.1 Å². The van der Waals surface area contributed by atoms with Gasteiger partial charge in [-0.05, 0) is 31.5 Å². The average molecular weight is 290 g/mol. The molecule has 0 aliphatic carbocycles. The number of amides is 1. The van der Waals surface area contributed by atoms with Crippen molar-refractivity contribution in [2.75, 3.05) is 18.5 Å². The number of H-pyrrole nitrogens is 1. The maximum atomic E-state index is 11.9. The van der Waals surface area contributed by atoms with Crippen LogP contribution in [0.4, 0.5) is 5.95 Å². The number of hydrogen-bond acceptors (Lipinski definition) is 5. The Kier molecular flexibility index (Phi) is 5.14. The molecule has 1 heterocycles. The van der Waals surface area contributed by atoms with E-state index >= 15 is 0 Å².